The Bertz CT molecular complexity index is 2740. The number of ketones is 3. The summed E-state index contributed by atoms with van der Waals surface area (Å²) in [6.45, 7) is 8.92. The Kier molecular flexibility index (Phi) is 22.9. The van der Waals surface area contributed by atoms with Gasteiger partial charge in [0.25, 0.3) is 0 Å². The van der Waals surface area contributed by atoms with E-state index in [4.69, 9.17) is 37.9 Å². The van der Waals surface area contributed by atoms with Gasteiger partial charge in [-0.05, 0) is 158 Å². The van der Waals surface area contributed by atoms with Gasteiger partial charge in [0.15, 0.2) is 64.4 Å². The van der Waals surface area contributed by atoms with E-state index in [0.717, 1.165) is 49.5 Å². The van der Waals surface area contributed by atoms with Crippen LogP contribution < -0.4 is 18.9 Å². The first-order valence-corrected chi connectivity index (χ1v) is 25.6. The molecule has 2 heterocycles. The molecule has 0 saturated carbocycles. The minimum atomic E-state index is -0.274. The summed E-state index contributed by atoms with van der Waals surface area (Å²) >= 11 is 0. The average Bonchev–Trinajstić information content (AvgIpc) is 3.45. The first kappa shape index (κ1) is 56.9. The molecule has 0 bridgehead atoms. The summed E-state index contributed by atoms with van der Waals surface area (Å²) in [5.74, 6) is 4.12. The zero-order valence-electron chi connectivity index (χ0n) is 43.3. The summed E-state index contributed by atoms with van der Waals surface area (Å²) in [4.78, 5) is 46.7. The van der Waals surface area contributed by atoms with Crippen molar-refractivity contribution in [2.45, 2.75) is 104 Å². The molecule has 2 fully saturated rings. The van der Waals surface area contributed by atoms with E-state index in [-0.39, 0.29) is 54.3 Å². The van der Waals surface area contributed by atoms with E-state index in [1.54, 1.807) is 104 Å². The maximum Gasteiger partial charge on any atom is 0.169 e. The van der Waals surface area contributed by atoms with Gasteiger partial charge in [-0.1, -0.05) is 39.0 Å². The summed E-state index contributed by atoms with van der Waals surface area (Å²) in [5, 5.41) is 19.9. The minimum absolute atomic E-state index is 0.0458. The highest BCUT2D eigenvalue weighted by molar-refractivity contribution is 5.97. The Morgan fingerprint density at radius 3 is 1.17 bits per heavy atom. The van der Waals surface area contributed by atoms with Crippen LogP contribution in [0.5, 0.6) is 51.7 Å². The molecule has 396 valence electrons. The number of phenols is 2. The van der Waals surface area contributed by atoms with Crippen LogP contribution in [0.25, 0.3) is 0 Å². The summed E-state index contributed by atoms with van der Waals surface area (Å²) in [6.07, 6.45) is 7.01. The second-order valence-electron chi connectivity index (χ2n) is 17.6. The van der Waals surface area contributed by atoms with E-state index < -0.39 is 0 Å². The van der Waals surface area contributed by atoms with Crippen LogP contribution in [-0.2, 0) is 43.0 Å². The molecule has 14 heteroatoms. The topological polar surface area (TPSA) is 183 Å². The number of carbonyl (C=O) groups excluding carboxylic acids is 4. The molecule has 8 rings (SSSR count). The number of benzene rings is 6. The van der Waals surface area contributed by atoms with Gasteiger partial charge in [-0.3, -0.25) is 14.4 Å². The second kappa shape index (κ2) is 30.1. The fourth-order valence-electron chi connectivity index (χ4n) is 7.79. The monoisotopic (exact) mass is 1020 g/mol. The Morgan fingerprint density at radius 1 is 0.480 bits per heavy atom. The van der Waals surface area contributed by atoms with Crippen molar-refractivity contribution in [3.8, 4) is 51.7 Å². The lowest BCUT2D eigenvalue weighted by Crippen LogP contribution is -2.25. The molecular weight excluding hydrogens is 957 g/mol. The molecule has 2 aliphatic heterocycles. The summed E-state index contributed by atoms with van der Waals surface area (Å²) < 4.78 is 44.5. The fourth-order valence-corrected chi connectivity index (χ4v) is 7.79. The number of aryl methyl sites for hydroxylation is 3. The zero-order valence-corrected chi connectivity index (χ0v) is 43.3. The van der Waals surface area contributed by atoms with Crippen LogP contribution in [0.15, 0.2) is 127 Å². The number of carbonyl (C=O) groups is 4. The van der Waals surface area contributed by atoms with E-state index in [9.17, 15) is 29.4 Å². The van der Waals surface area contributed by atoms with Gasteiger partial charge in [-0.25, -0.2) is 0 Å². The smallest absolute Gasteiger partial charge is 0.169 e. The van der Waals surface area contributed by atoms with Crippen LogP contribution in [0.4, 0.5) is 0 Å². The molecule has 2 saturated heterocycles. The Labute approximate surface area is 439 Å². The van der Waals surface area contributed by atoms with Gasteiger partial charge in [0.2, 0.25) is 0 Å². The minimum Gasteiger partial charge on any atom is -0.504 e. The number of methoxy groups -OCH3 is 1. The van der Waals surface area contributed by atoms with Crippen LogP contribution in [0, 0.1) is 0 Å². The summed E-state index contributed by atoms with van der Waals surface area (Å²) in [6, 6.07) is 37.3. The first-order chi connectivity index (χ1) is 36.5. The predicted octanol–water partition coefficient (Wildman–Crippen LogP) is 13.2. The van der Waals surface area contributed by atoms with E-state index in [0.29, 0.717) is 109 Å². The molecule has 0 amide bonds. The third-order valence-electron chi connectivity index (χ3n) is 12.2. The van der Waals surface area contributed by atoms with E-state index >= 15 is 0 Å². The normalized spacial score (nSPS) is 13.5. The van der Waals surface area contributed by atoms with Crippen molar-refractivity contribution < 1.29 is 67.3 Å². The SMILES string of the molecule is CCc1ccc(Oc2ccc(C(=O)CCC3OCCCO3)cc2)c(O)c1.CCc1ccc(Oc2ccc(C(=O)CCC3OCCCO3)cc2)c(OC)c1.CCc1ccc(Oc2ccc(C(=O)CCC=O)cc2)c(O)c1. The van der Waals surface area contributed by atoms with Gasteiger partial charge in [0.1, 0.15) is 23.5 Å². The summed E-state index contributed by atoms with van der Waals surface area (Å²) in [5.41, 5.74) is 5.08. The summed E-state index contributed by atoms with van der Waals surface area (Å²) in [7, 11) is 1.63. The lowest BCUT2D eigenvalue weighted by Gasteiger charge is -2.22. The fraction of sp³-hybridized carbons (Fsp3) is 0.344. The molecule has 0 spiro atoms. The number of aromatic hydroxyl groups is 2. The van der Waals surface area contributed by atoms with Gasteiger partial charge in [0, 0.05) is 55.2 Å². The van der Waals surface area contributed by atoms with Crippen molar-refractivity contribution in [3.05, 3.63) is 161 Å². The highest BCUT2D eigenvalue weighted by atomic mass is 16.7. The molecule has 75 heavy (non-hydrogen) atoms. The molecule has 14 nitrogen and oxygen atoms in total. The van der Waals surface area contributed by atoms with Gasteiger partial charge < -0.3 is 52.9 Å². The van der Waals surface area contributed by atoms with Gasteiger partial charge in [-0.2, -0.15) is 0 Å². The van der Waals surface area contributed by atoms with Crippen LogP contribution in [0.1, 0.15) is 120 Å². The van der Waals surface area contributed by atoms with Crippen LogP contribution in [-0.4, -0.2) is 80.0 Å². The molecule has 0 radical (unpaired) electrons. The molecule has 0 unspecified atom stereocenters. The first-order valence-electron chi connectivity index (χ1n) is 25.6. The molecule has 2 aliphatic rings. The van der Waals surface area contributed by atoms with Crippen LogP contribution >= 0.6 is 0 Å². The number of hydrogen-bond acceptors (Lipinski definition) is 14. The van der Waals surface area contributed by atoms with Crippen molar-refractivity contribution in [2.75, 3.05) is 33.5 Å². The highest BCUT2D eigenvalue weighted by Gasteiger charge is 2.19. The number of aldehydes is 1. The molecule has 0 atom stereocenters. The van der Waals surface area contributed by atoms with Crippen molar-refractivity contribution >= 4 is 23.6 Å². The van der Waals surface area contributed by atoms with Crippen LogP contribution in [0.3, 0.4) is 0 Å². The Hall–Kier alpha value is -7.36. The number of hydrogen-bond donors (Lipinski definition) is 2. The molecule has 2 N–H and O–H groups in total. The maximum atomic E-state index is 12.4. The zero-order chi connectivity index (χ0) is 53.4. The Balaban J connectivity index is 0.000000184. The van der Waals surface area contributed by atoms with Crippen molar-refractivity contribution in [1.29, 1.82) is 0 Å². The second-order valence-corrected chi connectivity index (χ2v) is 17.6. The van der Waals surface area contributed by atoms with E-state index in [1.807, 2.05) is 44.2 Å². The third kappa shape index (κ3) is 18.2. The molecule has 6 aromatic rings. The van der Waals surface area contributed by atoms with Gasteiger partial charge >= 0.3 is 0 Å². The van der Waals surface area contributed by atoms with Crippen molar-refractivity contribution in [1.82, 2.24) is 0 Å². The van der Waals surface area contributed by atoms with Gasteiger partial charge in [-0.15, -0.1) is 0 Å². The molecule has 6 aromatic carbocycles. The van der Waals surface area contributed by atoms with E-state index in [2.05, 4.69) is 6.92 Å². The lowest BCUT2D eigenvalue weighted by molar-refractivity contribution is -0.180. The number of phenolic OH excluding ortho intramolecular Hbond substituents is 2. The van der Waals surface area contributed by atoms with E-state index in [1.165, 1.54) is 5.56 Å². The van der Waals surface area contributed by atoms with Crippen molar-refractivity contribution in [3.63, 3.8) is 0 Å². The van der Waals surface area contributed by atoms with Gasteiger partial charge in [0.05, 0.1) is 33.5 Å². The largest absolute Gasteiger partial charge is 0.504 e. The lowest BCUT2D eigenvalue weighted by atomic mass is 10.1. The number of ether oxygens (including phenoxy) is 8. The average molecular weight is 1030 g/mol. The predicted molar refractivity (Wildman–Crippen MR) is 284 cm³/mol. The number of Topliss-reactive ketones (excluding diaryl/α,β-unsaturated/α-hetero) is 3. The quantitative estimate of drug-likeness (QED) is 0.0484. The molecule has 0 aliphatic carbocycles. The highest BCUT2D eigenvalue weighted by Crippen LogP contribution is 2.35. The number of rotatable bonds is 22. The van der Waals surface area contributed by atoms with Crippen molar-refractivity contribution in [2.24, 2.45) is 0 Å². The van der Waals surface area contributed by atoms with Crippen LogP contribution in [0.2, 0.25) is 0 Å². The molecule has 0 aromatic heterocycles. The molecular formula is C61H68O14. The standard InChI is InChI=1S/C22H26O5.C21H24O5.C18H18O4/c1-3-16-5-11-20(21(15-16)24-2)27-18-8-6-17(7-9-18)19(23)10-12-22-25-13-4-14-26-22;1-2-15-4-10-20(19(23)14-15)26-17-7-5-16(6-8-17)18(22)9-11-21-24-12-3-13-25-21;1-2-13-5-10-18(17(21)12-13)22-15-8-6-14(7-9-15)16(20)4-3-11-19/h5-9,11,15,22H,3-4,10,12-14H2,1-2H3;4-8,10,14,21,23H,2-3,9,11-13H2,1H3;5-12,21H,2-4H2,1H3. The third-order valence-corrected chi connectivity index (χ3v) is 12.2. The Morgan fingerprint density at radius 2 is 0.827 bits per heavy atom. The maximum absolute atomic E-state index is 12.4.